The minimum absolute atomic E-state index is 0.0533. The van der Waals surface area contributed by atoms with Crippen LogP contribution >= 0.6 is 0 Å². The highest BCUT2D eigenvalue weighted by Crippen LogP contribution is 2.37. The fourth-order valence-corrected chi connectivity index (χ4v) is 3.22. The minimum Gasteiger partial charge on any atom is -0.425 e. The van der Waals surface area contributed by atoms with Gasteiger partial charge in [0.1, 0.15) is 11.7 Å². The van der Waals surface area contributed by atoms with E-state index >= 15 is 0 Å². The zero-order valence-electron chi connectivity index (χ0n) is 14.6. The van der Waals surface area contributed by atoms with Crippen molar-refractivity contribution in [3.63, 3.8) is 0 Å². The molecule has 1 N–H and O–H groups in total. The van der Waals surface area contributed by atoms with Gasteiger partial charge in [0, 0.05) is 18.9 Å². The molecule has 5 heteroatoms. The van der Waals surface area contributed by atoms with Crippen molar-refractivity contribution in [3.05, 3.63) is 65.7 Å². The van der Waals surface area contributed by atoms with Crippen molar-refractivity contribution in [1.82, 2.24) is 5.32 Å². The second-order valence-electron chi connectivity index (χ2n) is 6.33. The average molecular weight is 351 g/mol. The predicted molar refractivity (Wildman–Crippen MR) is 97.0 cm³/mol. The fraction of sp³-hybridized carbons (Fsp3) is 0.286. The van der Waals surface area contributed by atoms with Crippen molar-refractivity contribution in [1.29, 1.82) is 0 Å². The largest absolute Gasteiger partial charge is 0.425 e. The summed E-state index contributed by atoms with van der Waals surface area (Å²) in [4.78, 5) is 37.9. The number of ketones is 1. The van der Waals surface area contributed by atoms with Crippen molar-refractivity contribution < 1.29 is 19.1 Å². The van der Waals surface area contributed by atoms with Crippen LogP contribution in [0.3, 0.4) is 0 Å². The average Bonchev–Trinajstić information content (AvgIpc) is 2.66. The molecule has 1 aliphatic heterocycles. The van der Waals surface area contributed by atoms with Gasteiger partial charge in [-0.15, -0.1) is 0 Å². The van der Waals surface area contributed by atoms with E-state index in [-0.39, 0.29) is 23.9 Å². The Bertz CT molecular complexity index is 816. The highest BCUT2D eigenvalue weighted by atomic mass is 16.5. The van der Waals surface area contributed by atoms with Gasteiger partial charge in [-0.3, -0.25) is 14.4 Å². The summed E-state index contributed by atoms with van der Waals surface area (Å²) in [5.41, 5.74) is 1.15. The Kier molecular flexibility index (Phi) is 5.46. The van der Waals surface area contributed by atoms with E-state index in [1.807, 2.05) is 37.3 Å². The summed E-state index contributed by atoms with van der Waals surface area (Å²) in [6.07, 6.45) is 0.872. The van der Waals surface area contributed by atoms with Crippen molar-refractivity contribution in [2.75, 3.05) is 6.54 Å². The third kappa shape index (κ3) is 3.67. The molecular weight excluding hydrogens is 330 g/mol. The lowest BCUT2D eigenvalue weighted by atomic mass is 9.78. The van der Waals surface area contributed by atoms with Crippen LogP contribution in [0, 0.1) is 5.92 Å². The molecule has 1 aliphatic rings. The van der Waals surface area contributed by atoms with E-state index in [2.05, 4.69) is 5.32 Å². The van der Waals surface area contributed by atoms with Gasteiger partial charge in [-0.2, -0.15) is 0 Å². The highest BCUT2D eigenvalue weighted by Gasteiger charge is 2.43. The number of carbonyl (C=O) groups is 3. The first kappa shape index (κ1) is 17.9. The second-order valence-corrected chi connectivity index (χ2v) is 6.33. The Labute approximate surface area is 152 Å². The number of para-hydroxylation sites is 1. The van der Waals surface area contributed by atoms with Gasteiger partial charge in [0.15, 0.2) is 5.78 Å². The molecular formula is C21H21NO4. The van der Waals surface area contributed by atoms with Crippen molar-refractivity contribution in [3.8, 4) is 5.75 Å². The van der Waals surface area contributed by atoms with Crippen LogP contribution in [0.15, 0.2) is 54.6 Å². The molecule has 0 saturated carbocycles. The molecule has 2 aromatic carbocycles. The number of amides is 1. The van der Waals surface area contributed by atoms with Crippen molar-refractivity contribution in [2.45, 2.75) is 25.7 Å². The van der Waals surface area contributed by atoms with Crippen molar-refractivity contribution in [2.24, 2.45) is 5.92 Å². The zero-order chi connectivity index (χ0) is 18.5. The summed E-state index contributed by atoms with van der Waals surface area (Å²) in [5.74, 6) is -2.40. The number of rotatable bonds is 6. The molecule has 0 saturated heterocycles. The summed E-state index contributed by atoms with van der Waals surface area (Å²) >= 11 is 0. The Morgan fingerprint density at radius 3 is 2.50 bits per heavy atom. The quantitative estimate of drug-likeness (QED) is 0.493. The number of nitrogens with one attached hydrogen (secondary N) is 1. The monoisotopic (exact) mass is 351 g/mol. The van der Waals surface area contributed by atoms with Gasteiger partial charge in [0.25, 0.3) is 0 Å². The topological polar surface area (TPSA) is 72.5 Å². The standard InChI is InChI=1S/C21H21NO4/c1-2-12-22-18(23)13-16(14-8-4-3-5-9-14)19-20(24)15-10-6-7-11-17(15)26-21(19)25/h3-11,16,19H,2,12-13H2,1H3,(H,22,23). The molecule has 0 fully saturated rings. The van der Waals surface area contributed by atoms with E-state index < -0.39 is 17.8 Å². The highest BCUT2D eigenvalue weighted by molar-refractivity contribution is 6.14. The maximum Gasteiger partial charge on any atom is 0.322 e. The number of benzene rings is 2. The van der Waals surface area contributed by atoms with Gasteiger partial charge in [-0.05, 0) is 24.1 Å². The lowest BCUT2D eigenvalue weighted by molar-refractivity contribution is -0.138. The molecule has 3 rings (SSSR count). The van der Waals surface area contributed by atoms with E-state index in [9.17, 15) is 14.4 Å². The van der Waals surface area contributed by atoms with Crippen molar-refractivity contribution >= 4 is 17.7 Å². The SMILES string of the molecule is CCCNC(=O)CC(c1ccccc1)C1C(=O)Oc2ccccc2C1=O. The van der Waals surface area contributed by atoms with Gasteiger partial charge < -0.3 is 10.1 Å². The first-order chi connectivity index (χ1) is 12.6. The molecule has 0 spiro atoms. The van der Waals surface area contributed by atoms with Crippen LogP contribution in [0.2, 0.25) is 0 Å². The number of Topliss-reactive ketones (excluding diaryl/α,β-unsaturated/α-hetero) is 1. The number of carbonyl (C=O) groups excluding carboxylic acids is 3. The number of fused-ring (bicyclic) bond motifs is 1. The molecule has 2 aromatic rings. The first-order valence-electron chi connectivity index (χ1n) is 8.78. The summed E-state index contributed by atoms with van der Waals surface area (Å²) < 4.78 is 5.39. The molecule has 26 heavy (non-hydrogen) atoms. The lowest BCUT2D eigenvalue weighted by Gasteiger charge is -2.28. The Morgan fingerprint density at radius 1 is 1.08 bits per heavy atom. The summed E-state index contributed by atoms with van der Waals surface area (Å²) in [6, 6.07) is 15.9. The van der Waals surface area contributed by atoms with Crippen LogP contribution in [0.1, 0.15) is 41.6 Å². The van der Waals surface area contributed by atoms with E-state index in [0.717, 1.165) is 12.0 Å². The number of hydrogen-bond donors (Lipinski definition) is 1. The summed E-state index contributed by atoms with van der Waals surface area (Å²) in [5, 5.41) is 2.82. The predicted octanol–water partition coefficient (Wildman–Crippen LogP) is 3.10. The number of esters is 1. The molecule has 1 heterocycles. The van der Waals surface area contributed by atoms with Crippen LogP contribution in [0.5, 0.6) is 5.75 Å². The maximum atomic E-state index is 13.0. The number of hydrogen-bond acceptors (Lipinski definition) is 4. The molecule has 0 aliphatic carbocycles. The van der Waals surface area contributed by atoms with Crippen LogP contribution in [0.4, 0.5) is 0 Å². The maximum absolute atomic E-state index is 13.0. The minimum atomic E-state index is -1.03. The van der Waals surface area contributed by atoms with Crippen LogP contribution in [-0.4, -0.2) is 24.2 Å². The molecule has 2 unspecified atom stereocenters. The van der Waals surface area contributed by atoms with E-state index in [1.54, 1.807) is 24.3 Å². The van der Waals surface area contributed by atoms with Gasteiger partial charge in [0.05, 0.1) is 5.56 Å². The lowest BCUT2D eigenvalue weighted by Crippen LogP contribution is -2.39. The normalized spacial score (nSPS) is 17.2. The van der Waals surface area contributed by atoms with Gasteiger partial charge in [0.2, 0.25) is 5.91 Å². The van der Waals surface area contributed by atoms with Gasteiger partial charge in [-0.1, -0.05) is 49.4 Å². The van der Waals surface area contributed by atoms with E-state index in [4.69, 9.17) is 4.74 Å². The number of ether oxygens (including phenoxy) is 1. The third-order valence-electron chi connectivity index (χ3n) is 4.51. The van der Waals surface area contributed by atoms with E-state index in [1.165, 1.54) is 0 Å². The zero-order valence-corrected chi connectivity index (χ0v) is 14.6. The first-order valence-corrected chi connectivity index (χ1v) is 8.78. The summed E-state index contributed by atoms with van der Waals surface area (Å²) in [7, 11) is 0. The third-order valence-corrected chi connectivity index (χ3v) is 4.51. The van der Waals surface area contributed by atoms with Crippen LogP contribution in [-0.2, 0) is 9.59 Å². The van der Waals surface area contributed by atoms with Crippen LogP contribution < -0.4 is 10.1 Å². The van der Waals surface area contributed by atoms with E-state index in [0.29, 0.717) is 12.1 Å². The fourth-order valence-electron chi connectivity index (χ4n) is 3.22. The molecule has 5 nitrogen and oxygen atoms in total. The smallest absolute Gasteiger partial charge is 0.322 e. The molecule has 1 amide bonds. The molecule has 0 aromatic heterocycles. The van der Waals surface area contributed by atoms with Gasteiger partial charge >= 0.3 is 5.97 Å². The molecule has 0 radical (unpaired) electrons. The Morgan fingerprint density at radius 2 is 1.77 bits per heavy atom. The Hall–Kier alpha value is -2.95. The summed E-state index contributed by atoms with van der Waals surface area (Å²) in [6.45, 7) is 2.53. The second kappa shape index (κ2) is 7.95. The molecule has 134 valence electrons. The Balaban J connectivity index is 1.95. The molecule has 2 atom stereocenters. The molecule has 0 bridgehead atoms. The van der Waals surface area contributed by atoms with Crippen LogP contribution in [0.25, 0.3) is 0 Å². The van der Waals surface area contributed by atoms with Gasteiger partial charge in [-0.25, -0.2) is 0 Å².